The SMILES string of the molecule is Brc1ccccc1/C=N/N=C1c2ccccc2-c2ccccc21. The second kappa shape index (κ2) is 5.94. The van der Waals surface area contributed by atoms with E-state index in [0.29, 0.717) is 0 Å². The average Bonchev–Trinajstić information content (AvgIpc) is 2.91. The fourth-order valence-electron chi connectivity index (χ4n) is 2.83. The number of benzene rings is 3. The normalized spacial score (nSPS) is 12.3. The van der Waals surface area contributed by atoms with Crippen molar-refractivity contribution in [3.63, 3.8) is 0 Å². The largest absolute Gasteiger partial charge is 0.158 e. The highest BCUT2D eigenvalue weighted by molar-refractivity contribution is 9.10. The second-order valence-corrected chi connectivity index (χ2v) is 6.16. The first-order chi connectivity index (χ1) is 11.3. The summed E-state index contributed by atoms with van der Waals surface area (Å²) in [4.78, 5) is 0. The zero-order valence-electron chi connectivity index (χ0n) is 12.3. The van der Waals surface area contributed by atoms with Crippen molar-refractivity contribution in [1.29, 1.82) is 0 Å². The third kappa shape index (κ3) is 2.53. The third-order valence-corrected chi connectivity index (χ3v) is 4.64. The zero-order chi connectivity index (χ0) is 15.6. The highest BCUT2D eigenvalue weighted by Gasteiger charge is 2.23. The Kier molecular flexibility index (Phi) is 3.64. The first-order valence-electron chi connectivity index (χ1n) is 7.39. The van der Waals surface area contributed by atoms with E-state index in [0.717, 1.165) is 26.9 Å². The molecule has 3 aromatic carbocycles. The molecule has 0 spiro atoms. The number of fused-ring (bicyclic) bond motifs is 3. The molecule has 0 heterocycles. The first-order valence-corrected chi connectivity index (χ1v) is 8.18. The van der Waals surface area contributed by atoms with Crippen LogP contribution in [-0.4, -0.2) is 11.9 Å². The Morgan fingerprint density at radius 2 is 1.17 bits per heavy atom. The van der Waals surface area contributed by atoms with Gasteiger partial charge in [0.2, 0.25) is 0 Å². The van der Waals surface area contributed by atoms with E-state index in [-0.39, 0.29) is 0 Å². The van der Waals surface area contributed by atoms with Crippen molar-refractivity contribution in [3.8, 4) is 11.1 Å². The molecule has 0 fully saturated rings. The molecular formula is C20H13BrN2. The summed E-state index contributed by atoms with van der Waals surface area (Å²) in [6.07, 6.45) is 1.78. The van der Waals surface area contributed by atoms with Crippen LogP contribution in [0.2, 0.25) is 0 Å². The standard InChI is InChI=1S/C20H13BrN2/c21-19-12-6-1-7-14(19)13-22-23-20-17-10-4-2-8-15(17)16-9-3-5-11-18(16)20/h1-13H/b22-13+. The molecule has 23 heavy (non-hydrogen) atoms. The minimum atomic E-state index is 0.930. The maximum atomic E-state index is 4.51. The quantitative estimate of drug-likeness (QED) is 0.342. The van der Waals surface area contributed by atoms with E-state index in [1.54, 1.807) is 6.21 Å². The van der Waals surface area contributed by atoms with Crippen molar-refractivity contribution in [2.24, 2.45) is 10.2 Å². The summed E-state index contributed by atoms with van der Waals surface area (Å²) in [6, 6.07) is 24.6. The van der Waals surface area contributed by atoms with Crippen LogP contribution in [-0.2, 0) is 0 Å². The van der Waals surface area contributed by atoms with Gasteiger partial charge in [-0.25, -0.2) is 0 Å². The van der Waals surface area contributed by atoms with Crippen LogP contribution in [0.4, 0.5) is 0 Å². The lowest BCUT2D eigenvalue weighted by Gasteiger charge is -1.98. The second-order valence-electron chi connectivity index (χ2n) is 5.31. The molecule has 0 saturated carbocycles. The molecule has 1 aliphatic rings. The fourth-order valence-corrected chi connectivity index (χ4v) is 3.22. The summed E-state index contributed by atoms with van der Waals surface area (Å²) in [5, 5.41) is 8.82. The van der Waals surface area contributed by atoms with E-state index in [4.69, 9.17) is 0 Å². The monoisotopic (exact) mass is 360 g/mol. The number of nitrogens with zero attached hydrogens (tertiary/aromatic N) is 2. The van der Waals surface area contributed by atoms with Gasteiger partial charge in [0, 0.05) is 21.2 Å². The maximum Gasteiger partial charge on any atom is 0.101 e. The van der Waals surface area contributed by atoms with Gasteiger partial charge in [-0.1, -0.05) is 82.7 Å². The topological polar surface area (TPSA) is 24.7 Å². The van der Waals surface area contributed by atoms with Gasteiger partial charge >= 0.3 is 0 Å². The summed E-state index contributed by atoms with van der Waals surface area (Å²) in [7, 11) is 0. The molecule has 0 radical (unpaired) electrons. The van der Waals surface area contributed by atoms with Crippen LogP contribution in [0.3, 0.4) is 0 Å². The Morgan fingerprint density at radius 1 is 0.652 bits per heavy atom. The molecule has 2 nitrogen and oxygen atoms in total. The lowest BCUT2D eigenvalue weighted by atomic mass is 10.1. The van der Waals surface area contributed by atoms with Gasteiger partial charge in [0.1, 0.15) is 5.71 Å². The predicted molar refractivity (Wildman–Crippen MR) is 99.3 cm³/mol. The van der Waals surface area contributed by atoms with E-state index in [9.17, 15) is 0 Å². The lowest BCUT2D eigenvalue weighted by molar-refractivity contribution is 1.25. The van der Waals surface area contributed by atoms with E-state index in [1.807, 2.05) is 36.4 Å². The molecule has 0 bridgehead atoms. The van der Waals surface area contributed by atoms with Gasteiger partial charge in [-0.05, 0) is 17.2 Å². The van der Waals surface area contributed by atoms with Gasteiger partial charge < -0.3 is 0 Å². The fraction of sp³-hybridized carbons (Fsp3) is 0. The van der Waals surface area contributed by atoms with Crippen molar-refractivity contribution in [3.05, 3.63) is 94.0 Å². The smallest absolute Gasteiger partial charge is 0.101 e. The van der Waals surface area contributed by atoms with Crippen molar-refractivity contribution in [2.75, 3.05) is 0 Å². The van der Waals surface area contributed by atoms with Crippen LogP contribution in [0, 0.1) is 0 Å². The minimum absolute atomic E-state index is 0.930. The minimum Gasteiger partial charge on any atom is -0.158 e. The molecule has 0 unspecified atom stereocenters. The average molecular weight is 361 g/mol. The van der Waals surface area contributed by atoms with Gasteiger partial charge in [-0.2, -0.15) is 5.10 Å². The van der Waals surface area contributed by atoms with E-state index in [2.05, 4.69) is 62.5 Å². The molecule has 1 aliphatic carbocycles. The van der Waals surface area contributed by atoms with Gasteiger partial charge in [0.15, 0.2) is 0 Å². The molecule has 0 atom stereocenters. The van der Waals surface area contributed by atoms with Crippen LogP contribution in [0.15, 0.2) is 87.5 Å². The Morgan fingerprint density at radius 3 is 1.78 bits per heavy atom. The molecule has 0 aliphatic heterocycles. The van der Waals surface area contributed by atoms with Gasteiger partial charge in [-0.15, -0.1) is 5.10 Å². The molecule has 0 N–H and O–H groups in total. The predicted octanol–water partition coefficient (Wildman–Crippen LogP) is 5.30. The lowest BCUT2D eigenvalue weighted by Crippen LogP contribution is -1.97. The molecule has 3 aromatic rings. The van der Waals surface area contributed by atoms with Gasteiger partial charge in [0.05, 0.1) is 6.21 Å². The zero-order valence-corrected chi connectivity index (χ0v) is 13.9. The molecule has 110 valence electrons. The third-order valence-electron chi connectivity index (χ3n) is 3.91. The molecule has 0 aromatic heterocycles. The van der Waals surface area contributed by atoms with Crippen molar-refractivity contribution in [2.45, 2.75) is 0 Å². The summed E-state index contributed by atoms with van der Waals surface area (Å²) >= 11 is 3.52. The van der Waals surface area contributed by atoms with E-state index >= 15 is 0 Å². The Bertz CT molecular complexity index is 894. The van der Waals surface area contributed by atoms with Crippen LogP contribution < -0.4 is 0 Å². The molecule has 4 rings (SSSR count). The Labute approximate surface area is 143 Å². The van der Waals surface area contributed by atoms with E-state index < -0.39 is 0 Å². The molecule has 3 heteroatoms. The van der Waals surface area contributed by atoms with Crippen molar-refractivity contribution >= 4 is 27.9 Å². The summed E-state index contributed by atoms with van der Waals surface area (Å²) in [5.41, 5.74) is 6.66. The maximum absolute atomic E-state index is 4.51. The van der Waals surface area contributed by atoms with Crippen LogP contribution in [0.5, 0.6) is 0 Å². The number of hydrogen-bond acceptors (Lipinski definition) is 2. The first kappa shape index (κ1) is 14.1. The number of rotatable bonds is 2. The number of halogens is 1. The summed E-state index contributed by atoms with van der Waals surface area (Å²) in [5.74, 6) is 0. The van der Waals surface area contributed by atoms with Crippen LogP contribution >= 0.6 is 15.9 Å². The highest BCUT2D eigenvalue weighted by Crippen LogP contribution is 2.36. The van der Waals surface area contributed by atoms with Crippen LogP contribution in [0.1, 0.15) is 16.7 Å². The van der Waals surface area contributed by atoms with Crippen LogP contribution in [0.25, 0.3) is 11.1 Å². The molecule has 0 amide bonds. The summed E-state index contributed by atoms with van der Waals surface area (Å²) < 4.78 is 1.01. The van der Waals surface area contributed by atoms with Gasteiger partial charge in [-0.3, -0.25) is 0 Å². The highest BCUT2D eigenvalue weighted by atomic mass is 79.9. The molecule has 0 saturated heterocycles. The number of hydrogen-bond donors (Lipinski definition) is 0. The Balaban J connectivity index is 1.78. The van der Waals surface area contributed by atoms with E-state index in [1.165, 1.54) is 11.1 Å². The van der Waals surface area contributed by atoms with Gasteiger partial charge in [0.25, 0.3) is 0 Å². The molecular weight excluding hydrogens is 348 g/mol. The Hall–Kier alpha value is -2.52. The van der Waals surface area contributed by atoms with Crippen molar-refractivity contribution < 1.29 is 0 Å². The van der Waals surface area contributed by atoms with Crippen molar-refractivity contribution in [1.82, 2.24) is 0 Å². The summed E-state index contributed by atoms with van der Waals surface area (Å²) in [6.45, 7) is 0.